The third-order valence-corrected chi connectivity index (χ3v) is 5.73. The molecule has 124 valence electrons. The van der Waals surface area contributed by atoms with Crippen LogP contribution in [0.3, 0.4) is 0 Å². The van der Waals surface area contributed by atoms with Crippen LogP contribution in [0.4, 0.5) is 0 Å². The van der Waals surface area contributed by atoms with Crippen LogP contribution < -0.4 is 4.74 Å². The number of phenolic OH excluding ortho intramolecular Hbond substituents is 1. The van der Waals surface area contributed by atoms with E-state index in [4.69, 9.17) is 4.74 Å². The summed E-state index contributed by atoms with van der Waals surface area (Å²) in [6, 6.07) is 11.3. The van der Waals surface area contributed by atoms with Crippen LogP contribution in [0.25, 0.3) is 10.9 Å². The third kappa shape index (κ3) is 3.37. The Morgan fingerprint density at radius 2 is 1.96 bits per heavy atom. The van der Waals surface area contributed by atoms with Gasteiger partial charge in [-0.05, 0) is 48.0 Å². The van der Waals surface area contributed by atoms with Gasteiger partial charge in [0.1, 0.15) is 16.4 Å². The molecule has 24 heavy (non-hydrogen) atoms. The van der Waals surface area contributed by atoms with Crippen molar-refractivity contribution in [3.8, 4) is 11.5 Å². The Kier molecular flexibility index (Phi) is 4.47. The summed E-state index contributed by atoms with van der Waals surface area (Å²) in [7, 11) is -2.18. The van der Waals surface area contributed by atoms with E-state index in [0.717, 1.165) is 0 Å². The van der Waals surface area contributed by atoms with Crippen molar-refractivity contribution in [1.29, 1.82) is 0 Å². The van der Waals surface area contributed by atoms with Crippen LogP contribution in [0.5, 0.6) is 11.5 Å². The summed E-state index contributed by atoms with van der Waals surface area (Å²) in [6.07, 6.45) is 1.53. The maximum Gasteiger partial charge on any atom is 0.186 e. The zero-order chi connectivity index (χ0) is 17.3. The van der Waals surface area contributed by atoms with Crippen molar-refractivity contribution in [2.75, 3.05) is 7.11 Å². The number of halogens is 1. The molecule has 0 spiro atoms. The fourth-order valence-corrected chi connectivity index (χ4v) is 4.46. The average molecular weight is 408 g/mol. The second-order valence-corrected chi connectivity index (χ2v) is 8.15. The molecule has 1 aromatic heterocycles. The van der Waals surface area contributed by atoms with Crippen molar-refractivity contribution in [1.82, 2.24) is 4.98 Å². The van der Waals surface area contributed by atoms with Crippen molar-refractivity contribution in [3.05, 3.63) is 58.7 Å². The topological polar surface area (TPSA) is 76.5 Å². The van der Waals surface area contributed by atoms with Crippen LogP contribution in [-0.4, -0.2) is 25.6 Å². The first-order chi connectivity index (χ1) is 11.4. The van der Waals surface area contributed by atoms with Crippen molar-refractivity contribution in [2.24, 2.45) is 0 Å². The minimum absolute atomic E-state index is 0.109. The normalized spacial score (nSPS) is 11.6. The number of aromatic nitrogens is 1. The third-order valence-electron chi connectivity index (χ3n) is 3.54. The number of nitrogens with zero attached hydrogens (tertiary/aromatic N) is 1. The average Bonchev–Trinajstić information content (AvgIpc) is 2.54. The molecule has 0 amide bonds. The van der Waals surface area contributed by atoms with Crippen molar-refractivity contribution >= 4 is 36.7 Å². The predicted molar refractivity (Wildman–Crippen MR) is 95.0 cm³/mol. The fourth-order valence-electron chi connectivity index (χ4n) is 2.43. The Balaban J connectivity index is 2.02. The molecule has 2 aromatic carbocycles. The molecule has 1 heterocycles. The van der Waals surface area contributed by atoms with Crippen LogP contribution in [0.1, 0.15) is 5.56 Å². The number of fused-ring (bicyclic) bond motifs is 1. The number of rotatable bonds is 4. The van der Waals surface area contributed by atoms with Gasteiger partial charge in [-0.2, -0.15) is 0 Å². The monoisotopic (exact) mass is 407 g/mol. The van der Waals surface area contributed by atoms with E-state index in [1.54, 1.807) is 30.3 Å². The predicted octanol–water partition coefficient (Wildman–Crippen LogP) is 3.69. The minimum atomic E-state index is -3.61. The highest BCUT2D eigenvalue weighted by Crippen LogP contribution is 2.30. The van der Waals surface area contributed by atoms with Gasteiger partial charge in [-0.25, -0.2) is 8.42 Å². The molecule has 0 bridgehead atoms. The first-order valence-corrected chi connectivity index (χ1v) is 9.47. The molecule has 0 saturated carbocycles. The Bertz CT molecular complexity index is 1020. The standard InChI is InChI=1S/C17H14BrNO4S/c1-23-16-5-2-13(18)8-17(16)24(21,22)10-11-6-12-7-14(20)3-4-15(12)19-9-11/h2-9,20H,10H2,1H3. The summed E-state index contributed by atoms with van der Waals surface area (Å²) in [4.78, 5) is 4.36. The van der Waals surface area contributed by atoms with Crippen molar-refractivity contribution in [3.63, 3.8) is 0 Å². The number of ether oxygens (including phenoxy) is 1. The summed E-state index contributed by atoms with van der Waals surface area (Å²) in [6.45, 7) is 0. The maximum absolute atomic E-state index is 12.8. The second-order valence-electron chi connectivity index (χ2n) is 5.27. The van der Waals surface area contributed by atoms with E-state index in [9.17, 15) is 13.5 Å². The molecule has 0 aliphatic heterocycles. The number of hydrogen-bond acceptors (Lipinski definition) is 5. The molecule has 0 unspecified atom stereocenters. The Morgan fingerprint density at radius 1 is 1.17 bits per heavy atom. The van der Waals surface area contributed by atoms with E-state index in [2.05, 4.69) is 20.9 Å². The van der Waals surface area contributed by atoms with Gasteiger partial charge in [-0.15, -0.1) is 0 Å². The SMILES string of the molecule is COc1ccc(Br)cc1S(=O)(=O)Cc1cnc2ccc(O)cc2c1. The van der Waals surface area contributed by atoms with Crippen molar-refractivity contribution < 1.29 is 18.3 Å². The van der Waals surface area contributed by atoms with Crippen LogP contribution in [0, 0.1) is 0 Å². The van der Waals surface area contributed by atoms with E-state index in [0.29, 0.717) is 26.7 Å². The summed E-state index contributed by atoms with van der Waals surface area (Å²) in [5.41, 5.74) is 1.23. The Hall–Kier alpha value is -2.12. The van der Waals surface area contributed by atoms with Gasteiger partial charge >= 0.3 is 0 Å². The van der Waals surface area contributed by atoms with Crippen LogP contribution >= 0.6 is 15.9 Å². The quantitative estimate of drug-likeness (QED) is 0.713. The van der Waals surface area contributed by atoms with Gasteiger partial charge in [-0.3, -0.25) is 4.98 Å². The maximum atomic E-state index is 12.8. The van der Waals surface area contributed by atoms with Crippen LogP contribution in [0.2, 0.25) is 0 Å². The molecule has 0 saturated heterocycles. The molecule has 3 rings (SSSR count). The number of sulfone groups is 1. The second kappa shape index (κ2) is 6.41. The minimum Gasteiger partial charge on any atom is -0.508 e. The van der Waals surface area contributed by atoms with E-state index < -0.39 is 9.84 Å². The van der Waals surface area contributed by atoms with Crippen molar-refractivity contribution in [2.45, 2.75) is 10.6 Å². The molecule has 3 aromatic rings. The van der Waals surface area contributed by atoms with Crippen LogP contribution in [-0.2, 0) is 15.6 Å². The number of methoxy groups -OCH3 is 1. The highest BCUT2D eigenvalue weighted by atomic mass is 79.9. The van der Waals surface area contributed by atoms with E-state index in [1.165, 1.54) is 25.4 Å². The summed E-state index contributed by atoms with van der Waals surface area (Å²) in [5.74, 6) is 0.195. The van der Waals surface area contributed by atoms with E-state index in [1.807, 2.05) is 0 Å². The van der Waals surface area contributed by atoms with Gasteiger partial charge in [0.05, 0.1) is 18.4 Å². The Labute approximate surface area is 148 Å². The van der Waals surface area contributed by atoms with Gasteiger partial charge in [0.2, 0.25) is 0 Å². The van der Waals surface area contributed by atoms with Gasteiger partial charge < -0.3 is 9.84 Å². The molecular weight excluding hydrogens is 394 g/mol. The lowest BCUT2D eigenvalue weighted by Gasteiger charge is -2.10. The molecular formula is C17H14BrNO4S. The molecule has 5 nitrogen and oxygen atoms in total. The van der Waals surface area contributed by atoms with Gasteiger partial charge in [-0.1, -0.05) is 15.9 Å². The molecule has 7 heteroatoms. The lowest BCUT2D eigenvalue weighted by atomic mass is 10.2. The fraction of sp³-hybridized carbons (Fsp3) is 0.118. The zero-order valence-corrected chi connectivity index (χ0v) is 15.1. The Morgan fingerprint density at radius 3 is 2.71 bits per heavy atom. The van der Waals surface area contributed by atoms with E-state index >= 15 is 0 Å². The van der Waals surface area contributed by atoms with Gasteiger partial charge in [0, 0.05) is 16.1 Å². The molecule has 0 aliphatic carbocycles. The molecule has 0 radical (unpaired) electrons. The number of phenols is 1. The van der Waals surface area contributed by atoms with Gasteiger partial charge in [0.15, 0.2) is 9.84 Å². The van der Waals surface area contributed by atoms with Crippen LogP contribution in [0.15, 0.2) is 58.0 Å². The highest BCUT2D eigenvalue weighted by Gasteiger charge is 2.21. The summed E-state index contributed by atoms with van der Waals surface area (Å²) >= 11 is 3.28. The number of aromatic hydroxyl groups is 1. The lowest BCUT2D eigenvalue weighted by molar-refractivity contribution is 0.402. The first-order valence-electron chi connectivity index (χ1n) is 7.03. The largest absolute Gasteiger partial charge is 0.508 e. The van der Waals surface area contributed by atoms with Gasteiger partial charge in [0.25, 0.3) is 0 Å². The molecule has 0 fully saturated rings. The lowest BCUT2D eigenvalue weighted by Crippen LogP contribution is -2.07. The molecule has 0 aliphatic rings. The molecule has 1 N–H and O–H groups in total. The molecule has 0 atom stereocenters. The number of benzene rings is 2. The smallest absolute Gasteiger partial charge is 0.186 e. The zero-order valence-electron chi connectivity index (χ0n) is 12.7. The highest BCUT2D eigenvalue weighted by molar-refractivity contribution is 9.10. The van der Waals surface area contributed by atoms with E-state index in [-0.39, 0.29) is 16.4 Å². The first kappa shape index (κ1) is 16.7. The number of pyridine rings is 1. The number of hydrogen-bond donors (Lipinski definition) is 1. The summed E-state index contributed by atoms with van der Waals surface area (Å²) in [5, 5.41) is 10.2. The summed E-state index contributed by atoms with van der Waals surface area (Å²) < 4.78 is 31.3.